The maximum absolute atomic E-state index is 10.3. The van der Waals surface area contributed by atoms with Gasteiger partial charge in [0.2, 0.25) is 5.71 Å². The highest BCUT2D eigenvalue weighted by atomic mass is 16.4. The average molecular weight is 217 g/mol. The molecule has 0 amide bonds. The lowest BCUT2D eigenvalue weighted by Crippen LogP contribution is -2.18. The zero-order chi connectivity index (χ0) is 11.7. The van der Waals surface area contributed by atoms with Crippen molar-refractivity contribution in [2.75, 3.05) is 0 Å². The minimum absolute atomic E-state index is 0.461. The molecule has 5 heteroatoms. The summed E-state index contributed by atoms with van der Waals surface area (Å²) in [5.74, 6) is -0.0255. The molecule has 0 radical (unpaired) electrons. The molecular weight excluding hydrogens is 208 g/mol. The fourth-order valence-corrected chi connectivity index (χ4v) is 1.45. The van der Waals surface area contributed by atoms with Gasteiger partial charge in [-0.15, -0.1) is 0 Å². The van der Waals surface area contributed by atoms with E-state index in [1.165, 1.54) is 6.08 Å². The van der Waals surface area contributed by atoms with Crippen LogP contribution in [0.1, 0.15) is 17.3 Å². The Labute approximate surface area is 91.4 Å². The quantitative estimate of drug-likeness (QED) is 0.688. The number of carboxylic acids is 1. The number of fused-ring (bicyclic) bond motifs is 1. The molecule has 0 spiro atoms. The first kappa shape index (κ1) is 10.4. The van der Waals surface area contributed by atoms with Crippen LogP contribution in [0.2, 0.25) is 0 Å². The molecule has 0 atom stereocenters. The van der Waals surface area contributed by atoms with Crippen molar-refractivity contribution in [3.8, 4) is 0 Å². The van der Waals surface area contributed by atoms with Crippen LogP contribution in [0.4, 0.5) is 0 Å². The summed E-state index contributed by atoms with van der Waals surface area (Å²) >= 11 is 0. The summed E-state index contributed by atoms with van der Waals surface area (Å²) in [6, 6.07) is 1.77. The van der Waals surface area contributed by atoms with E-state index < -0.39 is 5.97 Å². The minimum Gasteiger partial charge on any atom is -0.545 e. The van der Waals surface area contributed by atoms with Crippen molar-refractivity contribution >= 4 is 23.1 Å². The summed E-state index contributed by atoms with van der Waals surface area (Å²) in [6.45, 7) is 3.51. The van der Waals surface area contributed by atoms with E-state index in [1.807, 2.05) is 0 Å². The topological polar surface area (TPSA) is 79.0 Å². The van der Waals surface area contributed by atoms with Gasteiger partial charge in [0.1, 0.15) is 11.6 Å². The third-order valence-electron chi connectivity index (χ3n) is 2.03. The number of hydrogen-bond donors (Lipinski definition) is 0. The first-order chi connectivity index (χ1) is 7.56. The van der Waals surface area contributed by atoms with Crippen molar-refractivity contribution < 1.29 is 14.3 Å². The van der Waals surface area contributed by atoms with Crippen LogP contribution >= 0.6 is 0 Å². The summed E-state index contributed by atoms with van der Waals surface area (Å²) in [4.78, 5) is 18.6. The van der Waals surface area contributed by atoms with Gasteiger partial charge < -0.3 is 14.3 Å². The molecule has 0 aliphatic heterocycles. The molecule has 2 aromatic rings. The Bertz CT molecular complexity index is 584. The van der Waals surface area contributed by atoms with Gasteiger partial charge in [0.25, 0.3) is 0 Å². The molecule has 0 aliphatic rings. The lowest BCUT2D eigenvalue weighted by atomic mass is 10.2. The van der Waals surface area contributed by atoms with Crippen molar-refractivity contribution in [3.05, 3.63) is 29.4 Å². The Morgan fingerprint density at radius 1 is 1.44 bits per heavy atom. The van der Waals surface area contributed by atoms with Crippen molar-refractivity contribution in [1.29, 1.82) is 0 Å². The third kappa shape index (κ3) is 1.93. The molecule has 0 N–H and O–H groups in total. The van der Waals surface area contributed by atoms with Crippen molar-refractivity contribution in [1.82, 2.24) is 9.97 Å². The molecule has 0 aliphatic carbocycles. The highest BCUT2D eigenvalue weighted by molar-refractivity contribution is 5.89. The lowest BCUT2D eigenvalue weighted by molar-refractivity contribution is -0.297. The molecule has 2 aromatic heterocycles. The number of carbonyl (C=O) groups excluding carboxylic acids is 1. The number of carboxylic acid groups (broad SMARTS) is 1. The smallest absolute Gasteiger partial charge is 0.230 e. The average Bonchev–Trinajstić information content (AvgIpc) is 2.54. The van der Waals surface area contributed by atoms with Gasteiger partial charge in [0.15, 0.2) is 0 Å². The Morgan fingerprint density at radius 3 is 2.88 bits per heavy atom. The molecule has 0 saturated carbocycles. The standard InChI is InChI=1S/C11H10N2O3/c1-6-5-8-9(3-4-10(14)15)12-7(2)13-11(8)16-6/h3-5H,1-2H3,(H,14,15)/p-1/b4-3+. The van der Waals surface area contributed by atoms with Crippen molar-refractivity contribution in [2.24, 2.45) is 0 Å². The molecular formula is C11H9N2O3-. The Morgan fingerprint density at radius 2 is 2.19 bits per heavy atom. The fraction of sp³-hybridized carbons (Fsp3) is 0.182. The monoisotopic (exact) mass is 217 g/mol. The van der Waals surface area contributed by atoms with Crippen LogP contribution < -0.4 is 5.11 Å². The Balaban J connectivity index is 2.62. The molecule has 0 unspecified atom stereocenters. The molecule has 16 heavy (non-hydrogen) atoms. The maximum Gasteiger partial charge on any atom is 0.230 e. The van der Waals surface area contributed by atoms with Crippen molar-refractivity contribution in [2.45, 2.75) is 13.8 Å². The molecule has 2 heterocycles. The predicted molar refractivity (Wildman–Crippen MR) is 55.3 cm³/mol. The van der Waals surface area contributed by atoms with Gasteiger partial charge in [0.05, 0.1) is 17.0 Å². The van der Waals surface area contributed by atoms with Gasteiger partial charge in [-0.3, -0.25) is 0 Å². The van der Waals surface area contributed by atoms with E-state index in [-0.39, 0.29) is 0 Å². The van der Waals surface area contributed by atoms with E-state index in [2.05, 4.69) is 9.97 Å². The second-order valence-electron chi connectivity index (χ2n) is 3.38. The summed E-state index contributed by atoms with van der Waals surface area (Å²) in [6.07, 6.45) is 2.31. The zero-order valence-electron chi connectivity index (χ0n) is 8.85. The highest BCUT2D eigenvalue weighted by Gasteiger charge is 2.07. The molecule has 5 nitrogen and oxygen atoms in total. The van der Waals surface area contributed by atoms with Crippen LogP contribution in [0.15, 0.2) is 16.6 Å². The van der Waals surface area contributed by atoms with E-state index >= 15 is 0 Å². The van der Waals surface area contributed by atoms with Crippen LogP contribution in [0.5, 0.6) is 0 Å². The highest BCUT2D eigenvalue weighted by Crippen LogP contribution is 2.20. The van der Waals surface area contributed by atoms with Gasteiger partial charge in [-0.05, 0) is 32.1 Å². The van der Waals surface area contributed by atoms with Gasteiger partial charge in [-0.25, -0.2) is 4.98 Å². The van der Waals surface area contributed by atoms with E-state index in [1.54, 1.807) is 19.9 Å². The number of nitrogens with zero attached hydrogens (tertiary/aromatic N) is 2. The van der Waals surface area contributed by atoms with Gasteiger partial charge >= 0.3 is 0 Å². The van der Waals surface area contributed by atoms with Gasteiger partial charge in [0, 0.05) is 0 Å². The SMILES string of the molecule is Cc1nc(/C=C/C(=O)[O-])c2cc(C)oc2n1. The molecule has 2 rings (SSSR count). The van der Waals surface area contributed by atoms with Crippen LogP contribution in [0.3, 0.4) is 0 Å². The Kier molecular flexibility index (Phi) is 2.44. The number of carbonyl (C=O) groups is 1. The second-order valence-corrected chi connectivity index (χ2v) is 3.38. The van der Waals surface area contributed by atoms with E-state index in [9.17, 15) is 9.90 Å². The van der Waals surface area contributed by atoms with Crippen LogP contribution in [-0.2, 0) is 4.79 Å². The summed E-state index contributed by atoms with van der Waals surface area (Å²) < 4.78 is 5.35. The van der Waals surface area contributed by atoms with E-state index in [0.717, 1.165) is 6.08 Å². The number of aromatic nitrogens is 2. The molecule has 0 bridgehead atoms. The number of hydrogen-bond acceptors (Lipinski definition) is 5. The van der Waals surface area contributed by atoms with Crippen LogP contribution in [-0.4, -0.2) is 15.9 Å². The maximum atomic E-state index is 10.3. The minimum atomic E-state index is -1.26. The molecule has 0 saturated heterocycles. The lowest BCUT2D eigenvalue weighted by Gasteiger charge is -1.97. The number of aliphatic carboxylic acids is 1. The van der Waals surface area contributed by atoms with Gasteiger partial charge in [-0.1, -0.05) is 0 Å². The number of rotatable bonds is 2. The summed E-state index contributed by atoms with van der Waals surface area (Å²) in [7, 11) is 0. The molecule has 0 aromatic carbocycles. The summed E-state index contributed by atoms with van der Waals surface area (Å²) in [5.41, 5.74) is 0.978. The van der Waals surface area contributed by atoms with Crippen molar-refractivity contribution in [3.63, 3.8) is 0 Å². The first-order valence-corrected chi connectivity index (χ1v) is 4.70. The van der Waals surface area contributed by atoms with Gasteiger partial charge in [-0.2, -0.15) is 4.98 Å². The largest absolute Gasteiger partial charge is 0.545 e. The van der Waals surface area contributed by atoms with E-state index in [0.29, 0.717) is 28.4 Å². The van der Waals surface area contributed by atoms with E-state index in [4.69, 9.17) is 4.42 Å². The predicted octanol–water partition coefficient (Wildman–Crippen LogP) is 0.603. The first-order valence-electron chi connectivity index (χ1n) is 4.70. The summed E-state index contributed by atoms with van der Waals surface area (Å²) in [5, 5.41) is 11.0. The van der Waals surface area contributed by atoms with Crippen LogP contribution in [0.25, 0.3) is 17.2 Å². The number of aryl methyl sites for hydroxylation is 2. The second kappa shape index (κ2) is 3.77. The Hall–Kier alpha value is -2.17. The molecule has 0 fully saturated rings. The number of furan rings is 1. The fourth-order valence-electron chi connectivity index (χ4n) is 1.45. The molecule has 82 valence electrons. The zero-order valence-corrected chi connectivity index (χ0v) is 8.85. The third-order valence-corrected chi connectivity index (χ3v) is 2.03. The van der Waals surface area contributed by atoms with Crippen LogP contribution in [0, 0.1) is 13.8 Å². The normalized spacial score (nSPS) is 11.4.